The third-order valence-electron chi connectivity index (χ3n) is 4.28. The first kappa shape index (κ1) is 29.1. The van der Waals surface area contributed by atoms with E-state index in [9.17, 15) is 33.9 Å². The molecule has 0 heterocycles. The number of rotatable bonds is 15. The average Bonchev–Trinajstić information content (AvgIpc) is 2.67. The topological polar surface area (TPSA) is 237 Å². The molecule has 10 N–H and O–H groups in total. The van der Waals surface area contributed by atoms with E-state index >= 15 is 0 Å². The molecule has 0 bridgehead atoms. The van der Waals surface area contributed by atoms with Gasteiger partial charge in [0.2, 0.25) is 29.5 Å². The van der Waals surface area contributed by atoms with E-state index in [1.807, 2.05) is 6.26 Å². The van der Waals surface area contributed by atoms with Crippen LogP contribution >= 0.6 is 11.8 Å². The van der Waals surface area contributed by atoms with E-state index in [2.05, 4.69) is 16.0 Å². The van der Waals surface area contributed by atoms with Crippen LogP contribution in [0.5, 0.6) is 0 Å². The lowest BCUT2D eigenvalue weighted by Gasteiger charge is -2.25. The van der Waals surface area contributed by atoms with E-state index in [4.69, 9.17) is 17.2 Å². The zero-order valence-corrected chi connectivity index (χ0v) is 19.1. The SMILES string of the molecule is CSCCC(N)C(=O)NC(CC(N)=O)C(=O)NC(CC(N)=O)C(=O)NC(C(=O)O)C(C)C. The van der Waals surface area contributed by atoms with Crippen molar-refractivity contribution in [3.05, 3.63) is 0 Å². The van der Waals surface area contributed by atoms with Gasteiger partial charge in [-0.25, -0.2) is 4.79 Å². The van der Waals surface area contributed by atoms with Gasteiger partial charge in [0.05, 0.1) is 18.9 Å². The number of nitrogens with two attached hydrogens (primary N) is 3. The quantitative estimate of drug-likeness (QED) is 0.127. The summed E-state index contributed by atoms with van der Waals surface area (Å²) in [4.78, 5) is 71.5. The van der Waals surface area contributed by atoms with E-state index in [0.29, 0.717) is 12.2 Å². The van der Waals surface area contributed by atoms with Gasteiger partial charge >= 0.3 is 5.97 Å². The van der Waals surface area contributed by atoms with Crippen molar-refractivity contribution in [1.82, 2.24) is 16.0 Å². The fourth-order valence-corrected chi connectivity index (χ4v) is 3.00. The molecule has 0 aliphatic heterocycles. The van der Waals surface area contributed by atoms with Crippen molar-refractivity contribution >= 4 is 47.3 Å². The number of amides is 5. The van der Waals surface area contributed by atoms with Crippen molar-refractivity contribution in [3.8, 4) is 0 Å². The number of carboxylic acid groups (broad SMARTS) is 1. The molecule has 4 unspecified atom stereocenters. The lowest BCUT2D eigenvalue weighted by atomic mass is 10.0. The average molecular weight is 477 g/mol. The smallest absolute Gasteiger partial charge is 0.326 e. The first-order valence-corrected chi connectivity index (χ1v) is 11.1. The van der Waals surface area contributed by atoms with Gasteiger partial charge in [-0.2, -0.15) is 11.8 Å². The number of primary amides is 2. The Balaban J connectivity index is 5.49. The standard InChI is InChI=1S/C18H32N6O7S/c1-8(2)14(18(30)31)24-17(29)11(7-13(21)26)23-16(28)10(6-12(20)25)22-15(27)9(19)4-5-32-3/h8-11,14H,4-7,19H2,1-3H3,(H2,20,25)(H2,21,26)(H,22,27)(H,23,28)(H,24,29)(H,30,31). The molecule has 32 heavy (non-hydrogen) atoms. The molecule has 0 fully saturated rings. The summed E-state index contributed by atoms with van der Waals surface area (Å²) in [5.74, 6) is -5.75. The minimum Gasteiger partial charge on any atom is -0.480 e. The van der Waals surface area contributed by atoms with Crippen LogP contribution in [0, 0.1) is 5.92 Å². The van der Waals surface area contributed by atoms with E-state index < -0.39 is 78.4 Å². The number of carboxylic acids is 1. The normalized spacial score (nSPS) is 14.5. The second-order valence-corrected chi connectivity index (χ2v) is 8.41. The molecular formula is C18H32N6O7S. The summed E-state index contributed by atoms with van der Waals surface area (Å²) in [5, 5.41) is 16.0. The van der Waals surface area contributed by atoms with Crippen molar-refractivity contribution in [2.24, 2.45) is 23.1 Å². The van der Waals surface area contributed by atoms with Crippen molar-refractivity contribution in [3.63, 3.8) is 0 Å². The Morgan fingerprint density at radius 2 is 1.28 bits per heavy atom. The summed E-state index contributed by atoms with van der Waals surface area (Å²) >= 11 is 1.47. The van der Waals surface area contributed by atoms with Gasteiger partial charge in [0.25, 0.3) is 0 Å². The van der Waals surface area contributed by atoms with E-state index in [1.54, 1.807) is 13.8 Å². The summed E-state index contributed by atoms with van der Waals surface area (Å²) in [6.07, 6.45) is 0.899. The molecule has 14 heteroatoms. The molecule has 0 aliphatic rings. The van der Waals surface area contributed by atoms with Gasteiger partial charge in [0.15, 0.2) is 0 Å². The number of nitrogens with one attached hydrogen (secondary N) is 3. The fourth-order valence-electron chi connectivity index (χ4n) is 2.52. The van der Waals surface area contributed by atoms with Crippen molar-refractivity contribution in [2.45, 2.75) is 57.3 Å². The molecule has 0 rings (SSSR count). The van der Waals surface area contributed by atoms with Crippen LogP contribution < -0.4 is 33.2 Å². The molecule has 0 saturated carbocycles. The van der Waals surface area contributed by atoms with Crippen molar-refractivity contribution in [2.75, 3.05) is 12.0 Å². The summed E-state index contributed by atoms with van der Waals surface area (Å²) in [5.41, 5.74) is 16.0. The van der Waals surface area contributed by atoms with Crippen LogP contribution in [0.2, 0.25) is 0 Å². The second kappa shape index (κ2) is 14.2. The molecule has 182 valence electrons. The van der Waals surface area contributed by atoms with E-state index in [0.717, 1.165) is 0 Å². The third-order valence-corrected chi connectivity index (χ3v) is 4.92. The van der Waals surface area contributed by atoms with Crippen LogP contribution in [0.3, 0.4) is 0 Å². The Morgan fingerprint density at radius 1 is 0.844 bits per heavy atom. The Morgan fingerprint density at radius 3 is 1.66 bits per heavy atom. The lowest BCUT2D eigenvalue weighted by Crippen LogP contribution is -2.58. The molecule has 0 aromatic rings. The number of hydrogen-bond acceptors (Lipinski definition) is 8. The highest BCUT2D eigenvalue weighted by Crippen LogP contribution is 2.05. The van der Waals surface area contributed by atoms with Gasteiger partial charge in [-0.1, -0.05) is 13.8 Å². The predicted molar refractivity (Wildman–Crippen MR) is 117 cm³/mol. The van der Waals surface area contributed by atoms with Gasteiger partial charge in [-0.05, 0) is 24.3 Å². The number of thioether (sulfide) groups is 1. The van der Waals surface area contributed by atoms with Crippen LogP contribution in [0.25, 0.3) is 0 Å². The minimum atomic E-state index is -1.54. The van der Waals surface area contributed by atoms with Crippen molar-refractivity contribution < 1.29 is 33.9 Å². The van der Waals surface area contributed by atoms with Gasteiger partial charge in [0, 0.05) is 0 Å². The second-order valence-electron chi connectivity index (χ2n) is 7.42. The van der Waals surface area contributed by atoms with Crippen LogP contribution in [-0.4, -0.2) is 76.8 Å². The molecule has 0 spiro atoms. The fraction of sp³-hybridized carbons (Fsp3) is 0.667. The van der Waals surface area contributed by atoms with Crippen LogP contribution in [0.1, 0.15) is 33.1 Å². The maximum Gasteiger partial charge on any atom is 0.326 e. The molecule has 0 aromatic heterocycles. The highest BCUT2D eigenvalue weighted by Gasteiger charge is 2.32. The summed E-state index contributed by atoms with van der Waals surface area (Å²) in [6, 6.07) is -5.25. The lowest BCUT2D eigenvalue weighted by molar-refractivity contribution is -0.143. The van der Waals surface area contributed by atoms with Crippen LogP contribution in [-0.2, 0) is 28.8 Å². The highest BCUT2D eigenvalue weighted by atomic mass is 32.2. The van der Waals surface area contributed by atoms with Crippen LogP contribution in [0.15, 0.2) is 0 Å². The largest absolute Gasteiger partial charge is 0.480 e. The predicted octanol–water partition coefficient (Wildman–Crippen LogP) is -2.99. The summed E-state index contributed by atoms with van der Waals surface area (Å²) < 4.78 is 0. The Bertz CT molecular complexity index is 718. The Kier molecular flexibility index (Phi) is 13.0. The molecule has 5 amide bonds. The Hall–Kier alpha value is -2.87. The van der Waals surface area contributed by atoms with E-state index in [1.165, 1.54) is 11.8 Å². The number of aliphatic carboxylic acids is 1. The number of carbonyl (C=O) groups is 6. The highest BCUT2D eigenvalue weighted by molar-refractivity contribution is 7.98. The van der Waals surface area contributed by atoms with Crippen LogP contribution in [0.4, 0.5) is 0 Å². The molecule has 4 atom stereocenters. The number of hydrogen-bond donors (Lipinski definition) is 7. The molecule has 0 saturated heterocycles. The number of carbonyl (C=O) groups excluding carboxylic acids is 5. The summed E-state index contributed by atoms with van der Waals surface area (Å²) in [7, 11) is 0. The maximum absolute atomic E-state index is 12.7. The van der Waals surface area contributed by atoms with Gasteiger partial charge in [0.1, 0.15) is 18.1 Å². The first-order valence-electron chi connectivity index (χ1n) is 9.75. The zero-order valence-electron chi connectivity index (χ0n) is 18.3. The maximum atomic E-state index is 12.7. The third kappa shape index (κ3) is 10.9. The van der Waals surface area contributed by atoms with E-state index in [-0.39, 0.29) is 0 Å². The molecule has 0 aliphatic carbocycles. The van der Waals surface area contributed by atoms with Crippen molar-refractivity contribution in [1.29, 1.82) is 0 Å². The molecule has 0 radical (unpaired) electrons. The monoisotopic (exact) mass is 476 g/mol. The summed E-state index contributed by atoms with van der Waals surface area (Å²) in [6.45, 7) is 3.11. The Labute approximate surface area is 189 Å². The molecule has 0 aromatic carbocycles. The minimum absolute atomic E-state index is 0.316. The molecular weight excluding hydrogens is 444 g/mol. The zero-order chi connectivity index (χ0) is 25.0. The first-order chi connectivity index (χ1) is 14.8. The van der Waals surface area contributed by atoms with Gasteiger partial charge in [-0.3, -0.25) is 24.0 Å². The van der Waals surface area contributed by atoms with Gasteiger partial charge in [-0.15, -0.1) is 0 Å². The van der Waals surface area contributed by atoms with Gasteiger partial charge < -0.3 is 38.3 Å². The molecule has 13 nitrogen and oxygen atoms in total.